The van der Waals surface area contributed by atoms with Crippen LogP contribution in [0.3, 0.4) is 0 Å². The standard InChI is InChI=1S/C13H21N3O/c1-10-8-12(16-11(2)15-10)17-9-13(14)6-4-3-5-7-13/h8H,3-7,9,14H2,1-2H3. The van der Waals surface area contributed by atoms with Gasteiger partial charge in [-0.05, 0) is 26.7 Å². The van der Waals surface area contributed by atoms with Crippen molar-refractivity contribution in [2.45, 2.75) is 51.5 Å². The number of aryl methyl sites for hydroxylation is 2. The van der Waals surface area contributed by atoms with Crippen LogP contribution in [0.25, 0.3) is 0 Å². The summed E-state index contributed by atoms with van der Waals surface area (Å²) in [4.78, 5) is 8.48. The van der Waals surface area contributed by atoms with Gasteiger partial charge in [0.05, 0.1) is 5.54 Å². The van der Waals surface area contributed by atoms with E-state index in [0.29, 0.717) is 12.5 Å². The normalized spacial score (nSPS) is 19.0. The van der Waals surface area contributed by atoms with Crippen molar-refractivity contribution in [3.8, 4) is 5.88 Å². The van der Waals surface area contributed by atoms with Crippen molar-refractivity contribution in [3.63, 3.8) is 0 Å². The fourth-order valence-corrected chi connectivity index (χ4v) is 2.37. The van der Waals surface area contributed by atoms with E-state index in [2.05, 4.69) is 9.97 Å². The van der Waals surface area contributed by atoms with Gasteiger partial charge in [0.2, 0.25) is 5.88 Å². The van der Waals surface area contributed by atoms with Gasteiger partial charge in [0.1, 0.15) is 12.4 Å². The van der Waals surface area contributed by atoms with Crippen LogP contribution < -0.4 is 10.5 Å². The molecule has 0 saturated heterocycles. The first-order valence-electron chi connectivity index (χ1n) is 6.31. The molecule has 0 unspecified atom stereocenters. The molecule has 1 aliphatic rings. The number of ether oxygens (including phenoxy) is 1. The molecule has 2 N–H and O–H groups in total. The molecule has 0 aromatic carbocycles. The van der Waals surface area contributed by atoms with Gasteiger partial charge in [0.15, 0.2) is 0 Å². The van der Waals surface area contributed by atoms with Crippen molar-refractivity contribution < 1.29 is 4.74 Å². The number of nitrogens with zero attached hydrogens (tertiary/aromatic N) is 2. The van der Waals surface area contributed by atoms with Crippen LogP contribution in [0.5, 0.6) is 5.88 Å². The summed E-state index contributed by atoms with van der Waals surface area (Å²) < 4.78 is 5.73. The predicted octanol–water partition coefficient (Wildman–Crippen LogP) is 2.13. The number of hydrogen-bond donors (Lipinski definition) is 1. The van der Waals surface area contributed by atoms with Crippen LogP contribution in [0.4, 0.5) is 0 Å². The van der Waals surface area contributed by atoms with Gasteiger partial charge in [-0.15, -0.1) is 0 Å². The zero-order chi connectivity index (χ0) is 12.3. The maximum Gasteiger partial charge on any atom is 0.216 e. The summed E-state index contributed by atoms with van der Waals surface area (Å²) in [5.74, 6) is 1.39. The molecule has 0 amide bonds. The minimum absolute atomic E-state index is 0.162. The van der Waals surface area contributed by atoms with Crippen LogP contribution in [0.15, 0.2) is 6.07 Å². The number of hydrogen-bond acceptors (Lipinski definition) is 4. The summed E-state index contributed by atoms with van der Waals surface area (Å²) in [5, 5.41) is 0. The molecular weight excluding hydrogens is 214 g/mol. The predicted molar refractivity (Wildman–Crippen MR) is 67.0 cm³/mol. The van der Waals surface area contributed by atoms with E-state index in [4.69, 9.17) is 10.5 Å². The highest BCUT2D eigenvalue weighted by Crippen LogP contribution is 2.26. The van der Waals surface area contributed by atoms with Crippen molar-refractivity contribution in [1.82, 2.24) is 9.97 Å². The monoisotopic (exact) mass is 235 g/mol. The quantitative estimate of drug-likeness (QED) is 0.872. The number of aromatic nitrogens is 2. The lowest BCUT2D eigenvalue weighted by molar-refractivity contribution is 0.168. The van der Waals surface area contributed by atoms with Crippen molar-refractivity contribution >= 4 is 0 Å². The summed E-state index contributed by atoms with van der Waals surface area (Å²) in [7, 11) is 0. The molecule has 1 fully saturated rings. The second kappa shape index (κ2) is 5.00. The van der Waals surface area contributed by atoms with Gasteiger partial charge in [-0.2, -0.15) is 4.98 Å². The Kier molecular flexibility index (Phi) is 3.62. The van der Waals surface area contributed by atoms with Gasteiger partial charge in [-0.25, -0.2) is 4.98 Å². The Hall–Kier alpha value is -1.16. The molecule has 94 valence electrons. The highest BCUT2D eigenvalue weighted by molar-refractivity contribution is 5.15. The third kappa shape index (κ3) is 3.40. The van der Waals surface area contributed by atoms with Gasteiger partial charge >= 0.3 is 0 Å². The van der Waals surface area contributed by atoms with E-state index in [1.54, 1.807) is 0 Å². The first-order chi connectivity index (χ1) is 8.07. The minimum Gasteiger partial charge on any atom is -0.476 e. The first-order valence-corrected chi connectivity index (χ1v) is 6.31. The van der Waals surface area contributed by atoms with Crippen LogP contribution in [-0.4, -0.2) is 22.1 Å². The van der Waals surface area contributed by atoms with Gasteiger partial charge in [-0.1, -0.05) is 19.3 Å². The Morgan fingerprint density at radius 3 is 2.59 bits per heavy atom. The van der Waals surface area contributed by atoms with Crippen molar-refractivity contribution in [1.29, 1.82) is 0 Å². The molecule has 1 saturated carbocycles. The lowest BCUT2D eigenvalue weighted by Crippen LogP contribution is -2.47. The topological polar surface area (TPSA) is 61.0 Å². The van der Waals surface area contributed by atoms with Gasteiger partial charge in [0.25, 0.3) is 0 Å². The maximum atomic E-state index is 6.31. The van der Waals surface area contributed by atoms with E-state index in [9.17, 15) is 0 Å². The number of rotatable bonds is 3. The van der Waals surface area contributed by atoms with Gasteiger partial charge < -0.3 is 10.5 Å². The summed E-state index contributed by atoms with van der Waals surface area (Å²) in [6, 6.07) is 1.86. The summed E-state index contributed by atoms with van der Waals surface area (Å²) in [6.07, 6.45) is 5.82. The van der Waals surface area contributed by atoms with E-state index in [0.717, 1.165) is 24.4 Å². The third-order valence-corrected chi connectivity index (χ3v) is 3.30. The Bertz CT molecular complexity index is 366. The summed E-state index contributed by atoms with van der Waals surface area (Å²) in [6.45, 7) is 4.38. The lowest BCUT2D eigenvalue weighted by atomic mass is 9.83. The molecule has 0 atom stereocenters. The third-order valence-electron chi connectivity index (χ3n) is 3.30. The smallest absolute Gasteiger partial charge is 0.216 e. The van der Waals surface area contributed by atoms with Crippen molar-refractivity contribution in [2.24, 2.45) is 5.73 Å². The van der Waals surface area contributed by atoms with Crippen molar-refractivity contribution in [2.75, 3.05) is 6.61 Å². The average molecular weight is 235 g/mol. The molecular formula is C13H21N3O. The van der Waals surface area contributed by atoms with Crippen LogP contribution in [-0.2, 0) is 0 Å². The van der Waals surface area contributed by atoms with Crippen LogP contribution in [0.2, 0.25) is 0 Å². The highest BCUT2D eigenvalue weighted by atomic mass is 16.5. The zero-order valence-corrected chi connectivity index (χ0v) is 10.7. The minimum atomic E-state index is -0.162. The largest absolute Gasteiger partial charge is 0.476 e. The van der Waals surface area contributed by atoms with Gasteiger partial charge in [0, 0.05) is 11.8 Å². The molecule has 2 rings (SSSR count). The zero-order valence-electron chi connectivity index (χ0n) is 10.7. The molecule has 0 spiro atoms. The summed E-state index contributed by atoms with van der Waals surface area (Å²) in [5.41, 5.74) is 7.09. The fraction of sp³-hybridized carbons (Fsp3) is 0.692. The Morgan fingerprint density at radius 2 is 1.94 bits per heavy atom. The SMILES string of the molecule is Cc1cc(OCC2(N)CCCCC2)nc(C)n1. The highest BCUT2D eigenvalue weighted by Gasteiger charge is 2.28. The molecule has 1 aromatic heterocycles. The molecule has 17 heavy (non-hydrogen) atoms. The van der Waals surface area contributed by atoms with Crippen molar-refractivity contribution in [3.05, 3.63) is 17.6 Å². The molecule has 1 aromatic rings. The van der Waals surface area contributed by atoms with E-state index in [-0.39, 0.29) is 5.54 Å². The Labute approximate surface area is 103 Å². The number of nitrogens with two attached hydrogens (primary N) is 1. The van der Waals surface area contributed by atoms with E-state index >= 15 is 0 Å². The molecule has 1 aliphatic carbocycles. The maximum absolute atomic E-state index is 6.31. The molecule has 4 heteroatoms. The van der Waals surface area contributed by atoms with Crippen LogP contribution in [0, 0.1) is 13.8 Å². The summed E-state index contributed by atoms with van der Waals surface area (Å²) >= 11 is 0. The molecule has 0 bridgehead atoms. The average Bonchev–Trinajstić information content (AvgIpc) is 2.26. The van der Waals surface area contributed by atoms with E-state index < -0.39 is 0 Å². The molecule has 0 radical (unpaired) electrons. The molecule has 0 aliphatic heterocycles. The van der Waals surface area contributed by atoms with E-state index in [1.807, 2.05) is 19.9 Å². The Morgan fingerprint density at radius 1 is 1.24 bits per heavy atom. The first kappa shape index (κ1) is 12.3. The second-order valence-electron chi connectivity index (χ2n) is 5.11. The van der Waals surface area contributed by atoms with Crippen LogP contribution in [0.1, 0.15) is 43.6 Å². The van der Waals surface area contributed by atoms with Gasteiger partial charge in [-0.3, -0.25) is 0 Å². The van der Waals surface area contributed by atoms with Crippen LogP contribution >= 0.6 is 0 Å². The second-order valence-corrected chi connectivity index (χ2v) is 5.11. The fourth-order valence-electron chi connectivity index (χ4n) is 2.37. The Balaban J connectivity index is 1.96. The molecule has 1 heterocycles. The lowest BCUT2D eigenvalue weighted by Gasteiger charge is -2.32. The molecule has 4 nitrogen and oxygen atoms in total. The van der Waals surface area contributed by atoms with E-state index in [1.165, 1.54) is 19.3 Å².